The molecule has 2 heteroatoms. The molecule has 2 fully saturated rings. The van der Waals surface area contributed by atoms with Crippen LogP contribution in [-0.2, 0) is 0 Å². The summed E-state index contributed by atoms with van der Waals surface area (Å²) >= 11 is 0. The molecule has 3 unspecified atom stereocenters. The first-order valence-corrected chi connectivity index (χ1v) is 5.82. The van der Waals surface area contributed by atoms with Crippen LogP contribution in [0, 0.1) is 11.8 Å². The molecule has 0 saturated heterocycles. The Balaban J connectivity index is 1.98. The highest BCUT2D eigenvalue weighted by atomic mass is 16.3. The van der Waals surface area contributed by atoms with Gasteiger partial charge in [0.25, 0.3) is 0 Å². The third kappa shape index (κ3) is 0.747. The largest absolute Gasteiger partial charge is 0.508 e. The van der Waals surface area contributed by atoms with Crippen LogP contribution < -0.4 is 0 Å². The standard InChI is InChI=1S/C13H14O2/c14-10-3-4-11(15)13-9-5-8(12(10)13)6-1-2-7(6)9/h3-4,6-9,14-15H,1-2,5H2/t6-,7?,8?,9?/m0/s1. The van der Waals surface area contributed by atoms with Crippen LogP contribution in [0.15, 0.2) is 12.1 Å². The van der Waals surface area contributed by atoms with Crippen molar-refractivity contribution in [3.63, 3.8) is 0 Å². The fourth-order valence-corrected chi connectivity index (χ4v) is 4.23. The Kier molecular flexibility index (Phi) is 1.24. The van der Waals surface area contributed by atoms with Gasteiger partial charge in [0.1, 0.15) is 11.5 Å². The lowest BCUT2D eigenvalue weighted by Crippen LogP contribution is -2.30. The summed E-state index contributed by atoms with van der Waals surface area (Å²) in [5.74, 6) is 3.48. The van der Waals surface area contributed by atoms with Gasteiger partial charge in [0, 0.05) is 11.1 Å². The molecule has 2 saturated carbocycles. The molecule has 4 rings (SSSR count). The van der Waals surface area contributed by atoms with Crippen molar-refractivity contribution in [1.82, 2.24) is 0 Å². The Hall–Kier alpha value is -1.18. The average Bonchev–Trinajstić information content (AvgIpc) is 2.61. The summed E-state index contributed by atoms with van der Waals surface area (Å²) in [6, 6.07) is 3.28. The normalized spacial score (nSPS) is 39.7. The molecule has 2 N–H and O–H groups in total. The van der Waals surface area contributed by atoms with Gasteiger partial charge in [0.05, 0.1) is 0 Å². The average molecular weight is 202 g/mol. The molecule has 0 aromatic heterocycles. The zero-order chi connectivity index (χ0) is 10.2. The first-order valence-electron chi connectivity index (χ1n) is 5.82. The highest BCUT2D eigenvalue weighted by Gasteiger charge is 2.56. The summed E-state index contributed by atoms with van der Waals surface area (Å²) in [4.78, 5) is 0. The Morgan fingerprint density at radius 3 is 1.73 bits per heavy atom. The maximum atomic E-state index is 9.89. The monoisotopic (exact) mass is 202 g/mol. The molecule has 4 atom stereocenters. The van der Waals surface area contributed by atoms with Crippen LogP contribution in [0.3, 0.4) is 0 Å². The summed E-state index contributed by atoms with van der Waals surface area (Å²) in [5, 5.41) is 19.8. The fourth-order valence-electron chi connectivity index (χ4n) is 4.23. The van der Waals surface area contributed by atoms with Crippen molar-refractivity contribution >= 4 is 0 Å². The van der Waals surface area contributed by atoms with Gasteiger partial charge >= 0.3 is 0 Å². The molecule has 15 heavy (non-hydrogen) atoms. The third-order valence-corrected chi connectivity index (χ3v) is 4.91. The van der Waals surface area contributed by atoms with E-state index < -0.39 is 0 Å². The second-order valence-corrected chi connectivity index (χ2v) is 5.28. The fraction of sp³-hybridized carbons (Fsp3) is 0.538. The predicted molar refractivity (Wildman–Crippen MR) is 56.1 cm³/mol. The van der Waals surface area contributed by atoms with Crippen molar-refractivity contribution in [3.05, 3.63) is 23.3 Å². The van der Waals surface area contributed by atoms with Crippen molar-refractivity contribution in [1.29, 1.82) is 0 Å². The molecule has 3 aliphatic rings. The van der Waals surface area contributed by atoms with Crippen LogP contribution in [0.5, 0.6) is 11.5 Å². The highest BCUT2D eigenvalue weighted by molar-refractivity contribution is 5.57. The number of aromatic hydroxyl groups is 2. The lowest BCUT2D eigenvalue weighted by molar-refractivity contribution is 0.171. The second kappa shape index (κ2) is 2.31. The van der Waals surface area contributed by atoms with Gasteiger partial charge in [-0.3, -0.25) is 0 Å². The van der Waals surface area contributed by atoms with Crippen LogP contribution in [0.25, 0.3) is 0 Å². The van der Waals surface area contributed by atoms with Gasteiger partial charge in [0.2, 0.25) is 0 Å². The first kappa shape index (κ1) is 8.03. The predicted octanol–water partition coefficient (Wildman–Crippen LogP) is 2.71. The summed E-state index contributed by atoms with van der Waals surface area (Å²) in [5.41, 5.74) is 2.14. The molecular weight excluding hydrogens is 188 g/mol. The minimum atomic E-state index is 0.403. The maximum Gasteiger partial charge on any atom is 0.119 e. The maximum absolute atomic E-state index is 9.89. The molecule has 1 aromatic rings. The molecule has 2 nitrogen and oxygen atoms in total. The lowest BCUT2D eigenvalue weighted by Gasteiger charge is -2.41. The number of hydrogen-bond acceptors (Lipinski definition) is 2. The van der Waals surface area contributed by atoms with E-state index in [0.29, 0.717) is 23.3 Å². The van der Waals surface area contributed by atoms with Crippen LogP contribution in [-0.4, -0.2) is 10.2 Å². The van der Waals surface area contributed by atoms with E-state index in [2.05, 4.69) is 0 Å². The molecular formula is C13H14O2. The molecule has 0 heterocycles. The number of phenolic OH excluding ortho intramolecular Hbond substituents is 2. The molecule has 2 bridgehead atoms. The van der Waals surface area contributed by atoms with Crippen molar-refractivity contribution in [2.24, 2.45) is 11.8 Å². The number of benzene rings is 1. The third-order valence-electron chi connectivity index (χ3n) is 4.91. The molecule has 0 amide bonds. The van der Waals surface area contributed by atoms with Crippen LogP contribution in [0.4, 0.5) is 0 Å². The molecule has 0 spiro atoms. The van der Waals surface area contributed by atoms with E-state index in [-0.39, 0.29) is 0 Å². The lowest BCUT2D eigenvalue weighted by atomic mass is 9.64. The van der Waals surface area contributed by atoms with Gasteiger partial charge in [-0.15, -0.1) is 0 Å². The van der Waals surface area contributed by atoms with E-state index in [9.17, 15) is 10.2 Å². The van der Waals surface area contributed by atoms with Crippen molar-refractivity contribution in [2.45, 2.75) is 31.1 Å². The number of rotatable bonds is 0. The molecule has 0 aliphatic heterocycles. The minimum absolute atomic E-state index is 0.403. The van der Waals surface area contributed by atoms with Gasteiger partial charge in [-0.05, 0) is 55.1 Å². The van der Waals surface area contributed by atoms with Crippen molar-refractivity contribution in [3.8, 4) is 11.5 Å². The Bertz CT molecular complexity index is 411. The van der Waals surface area contributed by atoms with Crippen LogP contribution in [0.2, 0.25) is 0 Å². The van der Waals surface area contributed by atoms with Crippen LogP contribution in [0.1, 0.15) is 42.2 Å². The summed E-state index contributed by atoms with van der Waals surface area (Å²) in [6.07, 6.45) is 3.80. The topological polar surface area (TPSA) is 40.5 Å². The minimum Gasteiger partial charge on any atom is -0.508 e. The van der Waals surface area contributed by atoms with Crippen molar-refractivity contribution in [2.75, 3.05) is 0 Å². The molecule has 1 aromatic carbocycles. The van der Waals surface area contributed by atoms with E-state index in [0.717, 1.165) is 29.4 Å². The van der Waals surface area contributed by atoms with E-state index >= 15 is 0 Å². The van der Waals surface area contributed by atoms with Gasteiger partial charge in [-0.1, -0.05) is 0 Å². The van der Waals surface area contributed by atoms with E-state index in [4.69, 9.17) is 0 Å². The quantitative estimate of drug-likeness (QED) is 0.635. The molecule has 78 valence electrons. The Morgan fingerprint density at radius 1 is 0.867 bits per heavy atom. The summed E-state index contributed by atoms with van der Waals surface area (Å²) in [7, 11) is 0. The smallest absolute Gasteiger partial charge is 0.119 e. The zero-order valence-corrected chi connectivity index (χ0v) is 8.48. The van der Waals surface area contributed by atoms with Crippen molar-refractivity contribution < 1.29 is 10.2 Å². The molecule has 0 radical (unpaired) electrons. The Morgan fingerprint density at radius 2 is 1.33 bits per heavy atom. The van der Waals surface area contributed by atoms with E-state index in [1.165, 1.54) is 12.8 Å². The van der Waals surface area contributed by atoms with Crippen LogP contribution >= 0.6 is 0 Å². The summed E-state index contributed by atoms with van der Waals surface area (Å²) in [6.45, 7) is 0. The van der Waals surface area contributed by atoms with Gasteiger partial charge in [0.15, 0.2) is 0 Å². The molecule has 3 aliphatic carbocycles. The number of fused-ring (bicyclic) bond motifs is 8. The highest BCUT2D eigenvalue weighted by Crippen LogP contribution is 2.69. The second-order valence-electron chi connectivity index (χ2n) is 5.28. The van der Waals surface area contributed by atoms with E-state index in [1.54, 1.807) is 12.1 Å². The van der Waals surface area contributed by atoms with Gasteiger partial charge < -0.3 is 10.2 Å². The SMILES string of the molecule is Oc1ccc(O)c2c1C1CC2[C@H]2CCC12. The summed E-state index contributed by atoms with van der Waals surface area (Å²) < 4.78 is 0. The number of phenols is 2. The zero-order valence-electron chi connectivity index (χ0n) is 8.48. The number of hydrogen-bond donors (Lipinski definition) is 2. The van der Waals surface area contributed by atoms with Gasteiger partial charge in [-0.2, -0.15) is 0 Å². The Labute approximate surface area is 88.6 Å². The van der Waals surface area contributed by atoms with Gasteiger partial charge in [-0.25, -0.2) is 0 Å². The van der Waals surface area contributed by atoms with E-state index in [1.807, 2.05) is 0 Å². The first-order chi connectivity index (χ1) is 7.27.